The Morgan fingerprint density at radius 2 is 1.56 bits per heavy atom. The molecule has 0 aliphatic carbocycles. The zero-order valence-electron chi connectivity index (χ0n) is 10.4. The van der Waals surface area contributed by atoms with Gasteiger partial charge in [-0.1, -0.05) is 73.8 Å². The highest BCUT2D eigenvalue weighted by molar-refractivity contribution is 9.10. The van der Waals surface area contributed by atoms with Crippen molar-refractivity contribution in [1.82, 2.24) is 0 Å². The molecule has 0 saturated carbocycles. The van der Waals surface area contributed by atoms with Crippen LogP contribution in [-0.4, -0.2) is 5.33 Å². The lowest BCUT2D eigenvalue weighted by atomic mass is 9.93. The summed E-state index contributed by atoms with van der Waals surface area (Å²) in [6.45, 7) is 2.13. The number of halogens is 2. The molecule has 0 nitrogen and oxygen atoms in total. The summed E-state index contributed by atoms with van der Waals surface area (Å²) < 4.78 is 1.13. The number of alkyl halides is 1. The molecule has 0 spiro atoms. The first-order valence-corrected chi connectivity index (χ1v) is 7.97. The van der Waals surface area contributed by atoms with E-state index in [1.165, 1.54) is 16.7 Å². The summed E-state index contributed by atoms with van der Waals surface area (Å²) in [6.07, 6.45) is 1.08. The molecule has 18 heavy (non-hydrogen) atoms. The number of hydrogen-bond donors (Lipinski definition) is 0. The maximum atomic E-state index is 3.63. The molecule has 0 N–H and O–H groups in total. The van der Waals surface area contributed by atoms with Gasteiger partial charge < -0.3 is 0 Å². The van der Waals surface area contributed by atoms with Crippen molar-refractivity contribution in [2.75, 3.05) is 5.33 Å². The minimum atomic E-state index is 0.529. The molecule has 0 radical (unpaired) electrons. The van der Waals surface area contributed by atoms with E-state index in [9.17, 15) is 0 Å². The van der Waals surface area contributed by atoms with Crippen LogP contribution in [0.25, 0.3) is 0 Å². The first-order chi connectivity index (χ1) is 8.69. The van der Waals surface area contributed by atoms with Gasteiger partial charge in [-0.05, 0) is 42.5 Å². The highest BCUT2D eigenvalue weighted by atomic mass is 79.9. The molecular formula is C16H16Br2. The topological polar surface area (TPSA) is 0 Å². The van der Waals surface area contributed by atoms with Crippen LogP contribution in [0.15, 0.2) is 53.0 Å². The van der Waals surface area contributed by atoms with Crippen molar-refractivity contribution in [2.24, 2.45) is 0 Å². The average Bonchev–Trinajstić information content (AvgIpc) is 2.39. The van der Waals surface area contributed by atoms with Crippen molar-refractivity contribution in [3.63, 3.8) is 0 Å². The van der Waals surface area contributed by atoms with E-state index in [0.29, 0.717) is 5.92 Å². The van der Waals surface area contributed by atoms with E-state index in [0.717, 1.165) is 16.2 Å². The highest BCUT2D eigenvalue weighted by Crippen LogP contribution is 2.24. The van der Waals surface area contributed by atoms with Crippen molar-refractivity contribution < 1.29 is 0 Å². The van der Waals surface area contributed by atoms with Gasteiger partial charge in [-0.3, -0.25) is 0 Å². The molecule has 2 heteroatoms. The van der Waals surface area contributed by atoms with Crippen LogP contribution in [0.1, 0.15) is 22.6 Å². The molecule has 2 aromatic rings. The smallest absolute Gasteiger partial charge is 0.0175 e. The summed E-state index contributed by atoms with van der Waals surface area (Å²) in [5.41, 5.74) is 4.10. The van der Waals surface area contributed by atoms with E-state index in [-0.39, 0.29) is 0 Å². The van der Waals surface area contributed by atoms with Gasteiger partial charge in [0.05, 0.1) is 0 Å². The summed E-state index contributed by atoms with van der Waals surface area (Å²) in [4.78, 5) is 0. The zero-order chi connectivity index (χ0) is 13.0. The zero-order valence-corrected chi connectivity index (χ0v) is 13.5. The quantitative estimate of drug-likeness (QED) is 0.627. The van der Waals surface area contributed by atoms with Crippen LogP contribution in [0, 0.1) is 6.92 Å². The Labute approximate surface area is 126 Å². The molecule has 94 valence electrons. The third kappa shape index (κ3) is 3.69. The molecule has 0 aliphatic rings. The Hall–Kier alpha value is -0.600. The van der Waals surface area contributed by atoms with E-state index >= 15 is 0 Å². The fourth-order valence-corrected chi connectivity index (χ4v) is 2.87. The van der Waals surface area contributed by atoms with Crippen LogP contribution in [-0.2, 0) is 6.42 Å². The van der Waals surface area contributed by atoms with Crippen LogP contribution in [0.2, 0.25) is 0 Å². The number of hydrogen-bond acceptors (Lipinski definition) is 0. The number of aryl methyl sites for hydroxylation is 1. The molecule has 0 amide bonds. The minimum absolute atomic E-state index is 0.529. The van der Waals surface area contributed by atoms with E-state index in [1.807, 2.05) is 0 Å². The number of rotatable bonds is 4. The van der Waals surface area contributed by atoms with Gasteiger partial charge in [0.1, 0.15) is 0 Å². The van der Waals surface area contributed by atoms with Gasteiger partial charge in [-0.25, -0.2) is 0 Å². The van der Waals surface area contributed by atoms with Gasteiger partial charge in [-0.2, -0.15) is 0 Å². The lowest BCUT2D eigenvalue weighted by molar-refractivity contribution is 0.775. The second kappa shape index (κ2) is 6.53. The molecule has 2 aromatic carbocycles. The fraction of sp³-hybridized carbons (Fsp3) is 0.250. The van der Waals surface area contributed by atoms with Crippen LogP contribution in [0.3, 0.4) is 0 Å². The van der Waals surface area contributed by atoms with Gasteiger partial charge >= 0.3 is 0 Å². The largest absolute Gasteiger partial charge is 0.0921 e. The SMILES string of the molecule is Cc1ccc(CC(CBr)c2ccc(Br)cc2)cc1. The monoisotopic (exact) mass is 366 g/mol. The Morgan fingerprint density at radius 1 is 0.944 bits per heavy atom. The average molecular weight is 368 g/mol. The van der Waals surface area contributed by atoms with Gasteiger partial charge in [0.15, 0.2) is 0 Å². The maximum Gasteiger partial charge on any atom is 0.0175 e. The van der Waals surface area contributed by atoms with Crippen LogP contribution in [0.5, 0.6) is 0 Å². The highest BCUT2D eigenvalue weighted by Gasteiger charge is 2.10. The van der Waals surface area contributed by atoms with Crippen LogP contribution in [0.4, 0.5) is 0 Å². The Kier molecular flexibility index (Phi) is 5.02. The van der Waals surface area contributed by atoms with Crippen molar-refractivity contribution in [3.05, 3.63) is 69.7 Å². The molecule has 0 fully saturated rings. The molecule has 2 rings (SSSR count). The Morgan fingerprint density at radius 3 is 2.11 bits per heavy atom. The standard InChI is InChI=1S/C16H16Br2/c1-12-2-4-13(5-3-12)10-15(11-17)14-6-8-16(18)9-7-14/h2-9,15H,10-11H2,1H3. The van der Waals surface area contributed by atoms with Crippen LogP contribution >= 0.6 is 31.9 Å². The van der Waals surface area contributed by atoms with E-state index < -0.39 is 0 Å². The van der Waals surface area contributed by atoms with Gasteiger partial charge in [0.2, 0.25) is 0 Å². The second-order valence-corrected chi connectivity index (χ2v) is 6.16. The van der Waals surface area contributed by atoms with Crippen molar-refractivity contribution in [2.45, 2.75) is 19.3 Å². The molecule has 0 aromatic heterocycles. The lowest BCUT2D eigenvalue weighted by Gasteiger charge is -2.15. The fourth-order valence-electron chi connectivity index (χ4n) is 2.01. The Bertz CT molecular complexity index is 486. The van der Waals surface area contributed by atoms with Gasteiger partial charge in [0, 0.05) is 9.80 Å². The molecule has 0 bridgehead atoms. The minimum Gasteiger partial charge on any atom is -0.0921 e. The van der Waals surface area contributed by atoms with E-state index in [2.05, 4.69) is 87.3 Å². The summed E-state index contributed by atoms with van der Waals surface area (Å²) in [5.74, 6) is 0.529. The third-order valence-electron chi connectivity index (χ3n) is 3.13. The first-order valence-electron chi connectivity index (χ1n) is 6.06. The number of benzene rings is 2. The molecular weight excluding hydrogens is 352 g/mol. The van der Waals surface area contributed by atoms with Crippen molar-refractivity contribution in [3.8, 4) is 0 Å². The molecule has 0 saturated heterocycles. The van der Waals surface area contributed by atoms with E-state index in [4.69, 9.17) is 0 Å². The summed E-state index contributed by atoms with van der Waals surface area (Å²) >= 11 is 7.11. The second-order valence-electron chi connectivity index (χ2n) is 4.59. The maximum absolute atomic E-state index is 3.63. The molecule has 0 heterocycles. The van der Waals surface area contributed by atoms with Crippen LogP contribution < -0.4 is 0 Å². The van der Waals surface area contributed by atoms with E-state index in [1.54, 1.807) is 0 Å². The molecule has 0 aliphatic heterocycles. The van der Waals surface area contributed by atoms with Crippen molar-refractivity contribution in [1.29, 1.82) is 0 Å². The lowest BCUT2D eigenvalue weighted by Crippen LogP contribution is -2.04. The molecule has 1 atom stereocenters. The molecule has 1 unspecified atom stereocenters. The van der Waals surface area contributed by atoms with Gasteiger partial charge in [0.25, 0.3) is 0 Å². The predicted molar refractivity (Wildman–Crippen MR) is 85.6 cm³/mol. The summed E-state index contributed by atoms with van der Waals surface area (Å²) in [6, 6.07) is 17.4. The first kappa shape index (κ1) is 13.8. The third-order valence-corrected chi connectivity index (χ3v) is 4.44. The van der Waals surface area contributed by atoms with Crippen molar-refractivity contribution >= 4 is 31.9 Å². The summed E-state index contributed by atoms with van der Waals surface area (Å²) in [5, 5.41) is 0.989. The Balaban J connectivity index is 2.14. The summed E-state index contributed by atoms with van der Waals surface area (Å²) in [7, 11) is 0. The normalized spacial score (nSPS) is 12.4. The van der Waals surface area contributed by atoms with Gasteiger partial charge in [-0.15, -0.1) is 0 Å². The predicted octanol–water partition coefficient (Wildman–Crippen LogP) is 5.48.